The summed E-state index contributed by atoms with van der Waals surface area (Å²) in [7, 11) is 0. The van der Waals surface area contributed by atoms with Crippen LogP contribution in [0.1, 0.15) is 34.3 Å². The summed E-state index contributed by atoms with van der Waals surface area (Å²) in [6.07, 6.45) is 2.34. The van der Waals surface area contributed by atoms with Crippen molar-refractivity contribution in [3.63, 3.8) is 0 Å². The Bertz CT molecular complexity index is 295. The Hall–Kier alpha value is 0.170. The van der Waals surface area contributed by atoms with E-state index in [4.69, 9.17) is 23.2 Å². The number of alkyl halides is 2. The van der Waals surface area contributed by atoms with Crippen LogP contribution in [0.4, 0.5) is 0 Å². The van der Waals surface area contributed by atoms with E-state index in [9.17, 15) is 0 Å². The SMILES string of the molecule is ClC(Cl)c1csc(C2CCNCC2)n1. The largest absolute Gasteiger partial charge is 0.317 e. The predicted octanol–water partition coefficient (Wildman–Crippen LogP) is 3.09. The zero-order chi connectivity index (χ0) is 9.97. The molecule has 1 N–H and O–H groups in total. The van der Waals surface area contributed by atoms with E-state index < -0.39 is 4.84 Å². The molecule has 0 saturated carbocycles. The zero-order valence-corrected chi connectivity index (χ0v) is 10.0. The summed E-state index contributed by atoms with van der Waals surface area (Å²) in [5, 5.41) is 6.49. The lowest BCUT2D eigenvalue weighted by Crippen LogP contribution is -2.26. The first-order chi connectivity index (χ1) is 6.77. The van der Waals surface area contributed by atoms with Crippen molar-refractivity contribution < 1.29 is 0 Å². The fraction of sp³-hybridized carbons (Fsp3) is 0.667. The highest BCUT2D eigenvalue weighted by molar-refractivity contribution is 7.09. The lowest BCUT2D eigenvalue weighted by Gasteiger charge is -2.20. The summed E-state index contributed by atoms with van der Waals surface area (Å²) in [4.78, 5) is 3.98. The number of piperidine rings is 1. The summed E-state index contributed by atoms with van der Waals surface area (Å²) in [5.74, 6) is 0.599. The third kappa shape index (κ3) is 2.40. The maximum atomic E-state index is 5.75. The second-order valence-electron chi connectivity index (χ2n) is 3.44. The molecule has 0 spiro atoms. The number of halogens is 2. The quantitative estimate of drug-likeness (QED) is 0.817. The number of aromatic nitrogens is 1. The molecule has 5 heteroatoms. The second kappa shape index (κ2) is 4.79. The van der Waals surface area contributed by atoms with Crippen molar-refractivity contribution in [2.45, 2.75) is 23.6 Å². The van der Waals surface area contributed by atoms with Gasteiger partial charge in [-0.3, -0.25) is 0 Å². The fourth-order valence-corrected chi connectivity index (χ4v) is 3.05. The molecule has 1 saturated heterocycles. The van der Waals surface area contributed by atoms with Crippen LogP contribution in [-0.2, 0) is 0 Å². The number of nitrogens with zero attached hydrogens (tertiary/aromatic N) is 1. The first-order valence-electron chi connectivity index (χ1n) is 4.71. The topological polar surface area (TPSA) is 24.9 Å². The van der Waals surface area contributed by atoms with Gasteiger partial charge in [0.1, 0.15) is 4.84 Å². The van der Waals surface area contributed by atoms with E-state index in [0.29, 0.717) is 5.92 Å². The van der Waals surface area contributed by atoms with Crippen LogP contribution in [0.5, 0.6) is 0 Å². The third-order valence-electron chi connectivity index (χ3n) is 2.45. The molecule has 1 aromatic rings. The Morgan fingerprint density at radius 3 is 2.71 bits per heavy atom. The van der Waals surface area contributed by atoms with Crippen LogP contribution in [0.15, 0.2) is 5.38 Å². The predicted molar refractivity (Wildman–Crippen MR) is 61.4 cm³/mol. The number of nitrogens with one attached hydrogen (secondary N) is 1. The van der Waals surface area contributed by atoms with Crippen LogP contribution in [0.3, 0.4) is 0 Å². The van der Waals surface area contributed by atoms with Gasteiger partial charge in [-0.25, -0.2) is 4.98 Å². The monoisotopic (exact) mass is 250 g/mol. The van der Waals surface area contributed by atoms with Crippen molar-refractivity contribution in [1.29, 1.82) is 0 Å². The molecule has 2 rings (SSSR count). The highest BCUT2D eigenvalue weighted by atomic mass is 35.5. The first-order valence-corrected chi connectivity index (χ1v) is 6.47. The average molecular weight is 251 g/mol. The maximum absolute atomic E-state index is 5.75. The van der Waals surface area contributed by atoms with Gasteiger partial charge in [-0.1, -0.05) is 23.2 Å². The lowest BCUT2D eigenvalue weighted by molar-refractivity contribution is 0.459. The molecule has 1 aliphatic heterocycles. The Balaban J connectivity index is 2.07. The molecule has 1 aromatic heterocycles. The average Bonchev–Trinajstić information content (AvgIpc) is 2.68. The van der Waals surface area contributed by atoms with Gasteiger partial charge in [0, 0.05) is 11.3 Å². The number of thiazole rings is 1. The standard InChI is InChI=1S/C9H12Cl2N2S/c10-8(11)7-5-14-9(13-7)6-1-3-12-4-2-6/h5-6,8,12H,1-4H2. The van der Waals surface area contributed by atoms with Crippen molar-refractivity contribution >= 4 is 34.5 Å². The molecule has 0 bridgehead atoms. The lowest BCUT2D eigenvalue weighted by atomic mass is 9.99. The van der Waals surface area contributed by atoms with Crippen LogP contribution in [0, 0.1) is 0 Å². The minimum atomic E-state index is -0.485. The van der Waals surface area contributed by atoms with E-state index in [2.05, 4.69) is 10.3 Å². The molecule has 0 atom stereocenters. The number of hydrogen-bond donors (Lipinski definition) is 1. The van der Waals surface area contributed by atoms with Crippen LogP contribution in [0.2, 0.25) is 0 Å². The molecule has 2 nitrogen and oxygen atoms in total. The van der Waals surface area contributed by atoms with Gasteiger partial charge < -0.3 is 5.32 Å². The smallest absolute Gasteiger partial charge is 0.150 e. The summed E-state index contributed by atoms with van der Waals surface area (Å²) < 4.78 is 0. The fourth-order valence-electron chi connectivity index (χ4n) is 1.66. The molecule has 0 amide bonds. The molecule has 0 radical (unpaired) electrons. The summed E-state index contributed by atoms with van der Waals surface area (Å²) in [6.45, 7) is 2.18. The molecule has 1 aliphatic rings. The van der Waals surface area contributed by atoms with Gasteiger partial charge >= 0.3 is 0 Å². The molecule has 1 fully saturated rings. The van der Waals surface area contributed by atoms with Gasteiger partial charge in [-0.15, -0.1) is 11.3 Å². The number of hydrogen-bond acceptors (Lipinski definition) is 3. The minimum absolute atomic E-state index is 0.485. The molecule has 78 valence electrons. The van der Waals surface area contributed by atoms with Gasteiger partial charge in [-0.05, 0) is 25.9 Å². The zero-order valence-electron chi connectivity index (χ0n) is 7.67. The van der Waals surface area contributed by atoms with Crippen molar-refractivity contribution in [2.75, 3.05) is 13.1 Å². The van der Waals surface area contributed by atoms with Gasteiger partial charge in [0.05, 0.1) is 10.7 Å². The highest BCUT2D eigenvalue weighted by Gasteiger charge is 2.19. The van der Waals surface area contributed by atoms with Crippen molar-refractivity contribution in [2.24, 2.45) is 0 Å². The van der Waals surface area contributed by atoms with Crippen LogP contribution in [-0.4, -0.2) is 18.1 Å². The first kappa shape index (κ1) is 10.7. The van der Waals surface area contributed by atoms with E-state index in [-0.39, 0.29) is 0 Å². The van der Waals surface area contributed by atoms with Crippen molar-refractivity contribution in [3.05, 3.63) is 16.1 Å². The molecule has 0 aromatic carbocycles. The van der Waals surface area contributed by atoms with Gasteiger partial charge in [-0.2, -0.15) is 0 Å². The second-order valence-corrected chi connectivity index (χ2v) is 5.42. The van der Waals surface area contributed by atoms with E-state index in [1.807, 2.05) is 5.38 Å². The normalized spacial score (nSPS) is 19.1. The molecule has 0 unspecified atom stereocenters. The summed E-state index contributed by atoms with van der Waals surface area (Å²) >= 11 is 13.2. The number of rotatable bonds is 2. The van der Waals surface area contributed by atoms with E-state index in [1.54, 1.807) is 11.3 Å². The molecule has 0 aliphatic carbocycles. The Morgan fingerprint density at radius 2 is 2.14 bits per heavy atom. The van der Waals surface area contributed by atoms with Crippen LogP contribution >= 0.6 is 34.5 Å². The van der Waals surface area contributed by atoms with Crippen LogP contribution in [0.25, 0.3) is 0 Å². The molecular formula is C9H12Cl2N2S. The highest BCUT2D eigenvalue weighted by Crippen LogP contribution is 2.32. The molecular weight excluding hydrogens is 239 g/mol. The summed E-state index contributed by atoms with van der Waals surface area (Å²) in [5.41, 5.74) is 0.798. The van der Waals surface area contributed by atoms with Crippen molar-refractivity contribution in [1.82, 2.24) is 10.3 Å². The Morgan fingerprint density at radius 1 is 1.43 bits per heavy atom. The molecule has 14 heavy (non-hydrogen) atoms. The van der Waals surface area contributed by atoms with Gasteiger partial charge in [0.25, 0.3) is 0 Å². The van der Waals surface area contributed by atoms with Gasteiger partial charge in [0.2, 0.25) is 0 Å². The van der Waals surface area contributed by atoms with Gasteiger partial charge in [0.15, 0.2) is 0 Å². The van der Waals surface area contributed by atoms with E-state index in [1.165, 1.54) is 17.8 Å². The van der Waals surface area contributed by atoms with Crippen LogP contribution < -0.4 is 5.32 Å². The van der Waals surface area contributed by atoms with E-state index in [0.717, 1.165) is 18.8 Å². The maximum Gasteiger partial charge on any atom is 0.150 e. The summed E-state index contributed by atoms with van der Waals surface area (Å²) in [6, 6.07) is 0. The van der Waals surface area contributed by atoms with E-state index >= 15 is 0 Å². The minimum Gasteiger partial charge on any atom is -0.317 e. The third-order valence-corrected chi connectivity index (χ3v) is 3.92. The Labute approximate surface area is 97.6 Å². The van der Waals surface area contributed by atoms with Crippen molar-refractivity contribution in [3.8, 4) is 0 Å². The molecule has 2 heterocycles. The Kier molecular flexibility index (Phi) is 3.66.